The van der Waals surface area contributed by atoms with E-state index in [0.29, 0.717) is 17.4 Å². The van der Waals surface area contributed by atoms with Gasteiger partial charge < -0.3 is 0 Å². The number of hydrogen-bond donors (Lipinski definition) is 0. The minimum atomic E-state index is -0.420. The monoisotopic (exact) mass is 261 g/mol. The Morgan fingerprint density at radius 1 is 1.21 bits per heavy atom. The third-order valence-corrected chi connectivity index (χ3v) is 4.00. The molecule has 1 radical (unpaired) electrons. The second kappa shape index (κ2) is 6.20. The Kier molecular flexibility index (Phi) is 4.59. The molecule has 3 nitrogen and oxygen atoms in total. The number of benzene rings is 1. The van der Waals surface area contributed by atoms with E-state index in [1.54, 1.807) is 6.07 Å². The molecule has 0 amide bonds. The van der Waals surface area contributed by atoms with Gasteiger partial charge in [0, 0.05) is 0 Å². The molecular formula is C16H21O3. The Bertz CT molecular complexity index is 441. The summed E-state index contributed by atoms with van der Waals surface area (Å²) in [5.74, 6) is 0.872. The highest BCUT2D eigenvalue weighted by Crippen LogP contribution is 2.35. The van der Waals surface area contributed by atoms with Crippen molar-refractivity contribution in [3.8, 4) is 0 Å². The molecule has 1 aromatic carbocycles. The van der Waals surface area contributed by atoms with Gasteiger partial charge in [-0.05, 0) is 49.7 Å². The summed E-state index contributed by atoms with van der Waals surface area (Å²) in [4.78, 5) is 22.1. The molecule has 19 heavy (non-hydrogen) atoms. The van der Waals surface area contributed by atoms with Gasteiger partial charge in [-0.3, -0.25) is 4.89 Å². The van der Waals surface area contributed by atoms with Gasteiger partial charge in [0.25, 0.3) is 0 Å². The summed E-state index contributed by atoms with van der Waals surface area (Å²) in [5.41, 5.74) is 1.45. The molecule has 0 aliphatic heterocycles. The maximum atomic E-state index is 11.9. The van der Waals surface area contributed by atoms with E-state index in [1.807, 2.05) is 25.1 Å². The van der Waals surface area contributed by atoms with Gasteiger partial charge in [0.2, 0.25) is 0 Å². The second-order valence-electron chi connectivity index (χ2n) is 5.51. The van der Waals surface area contributed by atoms with E-state index in [1.165, 1.54) is 0 Å². The minimum Gasteiger partial charge on any atom is -0.292 e. The van der Waals surface area contributed by atoms with Crippen molar-refractivity contribution in [1.29, 1.82) is 0 Å². The molecule has 0 N–H and O–H groups in total. The van der Waals surface area contributed by atoms with Gasteiger partial charge in [-0.2, -0.15) is 4.89 Å². The zero-order valence-corrected chi connectivity index (χ0v) is 11.8. The quantitative estimate of drug-likeness (QED) is 0.607. The first-order chi connectivity index (χ1) is 9.08. The van der Waals surface area contributed by atoms with Crippen molar-refractivity contribution in [2.24, 2.45) is 11.8 Å². The highest BCUT2D eigenvalue weighted by Gasteiger charge is 2.28. The molecule has 1 aliphatic carbocycles. The van der Waals surface area contributed by atoms with Gasteiger partial charge in [0.15, 0.2) is 0 Å². The molecule has 0 aromatic heterocycles. The lowest BCUT2D eigenvalue weighted by Crippen LogP contribution is -2.22. The van der Waals surface area contributed by atoms with Gasteiger partial charge in [-0.15, -0.1) is 0 Å². The van der Waals surface area contributed by atoms with E-state index in [-0.39, 0.29) is 0 Å². The summed E-state index contributed by atoms with van der Waals surface area (Å²) >= 11 is 0. The third kappa shape index (κ3) is 3.57. The van der Waals surface area contributed by atoms with Crippen LogP contribution in [-0.4, -0.2) is 5.97 Å². The zero-order chi connectivity index (χ0) is 13.8. The van der Waals surface area contributed by atoms with Gasteiger partial charge >= 0.3 is 5.97 Å². The summed E-state index contributed by atoms with van der Waals surface area (Å²) in [6.07, 6.45) is 3.74. The summed E-state index contributed by atoms with van der Waals surface area (Å²) in [5, 5.41) is 0. The van der Waals surface area contributed by atoms with Crippen LogP contribution < -0.4 is 0 Å². The number of carbonyl (C=O) groups is 1. The molecule has 1 aliphatic rings. The Balaban J connectivity index is 1.86. The van der Waals surface area contributed by atoms with Gasteiger partial charge in [-0.25, -0.2) is 4.79 Å². The Labute approximate surface area is 114 Å². The lowest BCUT2D eigenvalue weighted by molar-refractivity contribution is -0.242. The van der Waals surface area contributed by atoms with E-state index >= 15 is 0 Å². The van der Waals surface area contributed by atoms with Crippen LogP contribution in [0.1, 0.15) is 49.0 Å². The molecule has 2 atom stereocenters. The van der Waals surface area contributed by atoms with Crippen molar-refractivity contribution >= 4 is 5.97 Å². The predicted octanol–water partition coefficient (Wildman–Crippen LogP) is 4.07. The fraction of sp³-hybridized carbons (Fsp3) is 0.500. The first-order valence-corrected chi connectivity index (χ1v) is 6.87. The van der Waals surface area contributed by atoms with Gasteiger partial charge in [0.1, 0.15) is 6.10 Å². The zero-order valence-electron chi connectivity index (χ0n) is 11.8. The van der Waals surface area contributed by atoms with Crippen LogP contribution in [-0.2, 0) is 9.78 Å². The molecule has 2 rings (SSSR count). The lowest BCUT2D eigenvalue weighted by Gasteiger charge is -2.29. The van der Waals surface area contributed by atoms with Crippen LogP contribution in [0.2, 0.25) is 0 Å². The average Bonchev–Trinajstić information content (AvgIpc) is 2.40. The smallest absolute Gasteiger partial charge is 0.292 e. The van der Waals surface area contributed by atoms with E-state index in [4.69, 9.17) is 9.78 Å². The van der Waals surface area contributed by atoms with Crippen LogP contribution in [0, 0.1) is 24.9 Å². The predicted molar refractivity (Wildman–Crippen MR) is 73.1 cm³/mol. The van der Waals surface area contributed by atoms with Crippen LogP contribution in [0.15, 0.2) is 24.3 Å². The van der Waals surface area contributed by atoms with Crippen LogP contribution >= 0.6 is 0 Å². The van der Waals surface area contributed by atoms with Crippen LogP contribution in [0.4, 0.5) is 0 Å². The molecule has 3 heteroatoms. The highest BCUT2D eigenvalue weighted by atomic mass is 17.2. The number of aryl methyl sites for hydroxylation is 1. The first kappa shape index (κ1) is 14.1. The topological polar surface area (TPSA) is 35.5 Å². The third-order valence-electron chi connectivity index (χ3n) is 4.00. The molecule has 103 valence electrons. The fourth-order valence-corrected chi connectivity index (χ4v) is 2.35. The van der Waals surface area contributed by atoms with Gasteiger partial charge in [-0.1, -0.05) is 32.0 Å². The van der Waals surface area contributed by atoms with Gasteiger partial charge in [0.05, 0.1) is 5.56 Å². The Morgan fingerprint density at radius 3 is 2.63 bits per heavy atom. The van der Waals surface area contributed by atoms with E-state index in [0.717, 1.165) is 30.9 Å². The standard InChI is InChI=1S/C16H21O3/c1-11-8-9-14(10-13(11)3)18-19-16(17)15-7-5-4-6-12(15)2/h4-7,11,13H,8-10H2,1-3H3. The Morgan fingerprint density at radius 2 is 1.95 bits per heavy atom. The Hall–Kier alpha value is -1.35. The normalized spacial score (nSPS) is 24.2. The number of carbonyl (C=O) groups excluding carboxylic acids is 1. The minimum absolute atomic E-state index is 0.420. The molecule has 0 saturated heterocycles. The SMILES string of the molecule is Cc1ccccc1C(=O)OO[C]1CCC(C)C(C)C1. The van der Waals surface area contributed by atoms with E-state index in [9.17, 15) is 4.79 Å². The highest BCUT2D eigenvalue weighted by molar-refractivity contribution is 5.90. The summed E-state index contributed by atoms with van der Waals surface area (Å²) in [7, 11) is 0. The molecule has 2 unspecified atom stereocenters. The molecule has 0 heterocycles. The number of rotatable bonds is 3. The van der Waals surface area contributed by atoms with Crippen LogP contribution in [0.3, 0.4) is 0 Å². The molecule has 0 spiro atoms. The molecule has 1 saturated carbocycles. The van der Waals surface area contributed by atoms with Crippen molar-refractivity contribution in [2.75, 3.05) is 0 Å². The fourth-order valence-electron chi connectivity index (χ4n) is 2.35. The lowest BCUT2D eigenvalue weighted by atomic mass is 9.80. The summed E-state index contributed by atoms with van der Waals surface area (Å²) in [6.45, 7) is 6.34. The summed E-state index contributed by atoms with van der Waals surface area (Å²) in [6, 6.07) is 7.35. The summed E-state index contributed by atoms with van der Waals surface area (Å²) < 4.78 is 0. The molecular weight excluding hydrogens is 240 g/mol. The van der Waals surface area contributed by atoms with Crippen molar-refractivity contribution in [3.63, 3.8) is 0 Å². The van der Waals surface area contributed by atoms with Crippen molar-refractivity contribution in [2.45, 2.75) is 40.0 Å². The number of hydrogen-bond acceptors (Lipinski definition) is 3. The van der Waals surface area contributed by atoms with Crippen molar-refractivity contribution in [3.05, 3.63) is 41.5 Å². The first-order valence-electron chi connectivity index (χ1n) is 6.87. The second-order valence-corrected chi connectivity index (χ2v) is 5.51. The molecule has 1 aromatic rings. The van der Waals surface area contributed by atoms with E-state index < -0.39 is 5.97 Å². The van der Waals surface area contributed by atoms with Crippen LogP contribution in [0.5, 0.6) is 0 Å². The van der Waals surface area contributed by atoms with Crippen LogP contribution in [0.25, 0.3) is 0 Å². The van der Waals surface area contributed by atoms with Crippen molar-refractivity contribution < 1.29 is 14.6 Å². The molecule has 0 bridgehead atoms. The maximum Gasteiger partial charge on any atom is 0.373 e. The van der Waals surface area contributed by atoms with E-state index in [2.05, 4.69) is 13.8 Å². The molecule has 1 fully saturated rings. The van der Waals surface area contributed by atoms with Crippen molar-refractivity contribution in [1.82, 2.24) is 0 Å². The largest absolute Gasteiger partial charge is 0.373 e. The maximum absolute atomic E-state index is 11.9. The average molecular weight is 261 g/mol.